The van der Waals surface area contributed by atoms with Crippen molar-refractivity contribution in [3.8, 4) is 0 Å². The third kappa shape index (κ3) is 5.86. The fourth-order valence-electron chi connectivity index (χ4n) is 2.52. The van der Waals surface area contributed by atoms with Gasteiger partial charge in [0.1, 0.15) is 6.04 Å². The normalized spacial score (nSPS) is 12.5. The zero-order valence-corrected chi connectivity index (χ0v) is 16.6. The van der Waals surface area contributed by atoms with Crippen molar-refractivity contribution in [3.63, 3.8) is 0 Å². The van der Waals surface area contributed by atoms with Gasteiger partial charge in [-0.1, -0.05) is 48.5 Å². The van der Waals surface area contributed by atoms with Gasteiger partial charge in [-0.3, -0.25) is 4.79 Å². The second-order valence-corrected chi connectivity index (χ2v) is 8.65. The van der Waals surface area contributed by atoms with E-state index in [9.17, 15) is 13.2 Å². The molecule has 0 aliphatic heterocycles. The van der Waals surface area contributed by atoms with E-state index < -0.39 is 16.1 Å². The van der Waals surface area contributed by atoms with E-state index in [0.717, 1.165) is 5.56 Å². The summed E-state index contributed by atoms with van der Waals surface area (Å²) in [7, 11) is -2.06. The first-order chi connectivity index (χ1) is 12.4. The van der Waals surface area contributed by atoms with Gasteiger partial charge in [0.05, 0.1) is 4.90 Å². The molecule has 2 aromatic carbocycles. The van der Waals surface area contributed by atoms with Crippen molar-refractivity contribution >= 4 is 27.7 Å². The molecule has 1 unspecified atom stereocenters. The Hall–Kier alpha value is -1.83. The summed E-state index contributed by atoms with van der Waals surface area (Å²) in [5, 5.41) is 0. The van der Waals surface area contributed by atoms with Gasteiger partial charge in [-0.05, 0) is 36.1 Å². The summed E-state index contributed by atoms with van der Waals surface area (Å²) in [5.74, 6) is 0.454. The molecule has 1 amide bonds. The van der Waals surface area contributed by atoms with Crippen LogP contribution in [0.4, 0.5) is 0 Å². The van der Waals surface area contributed by atoms with E-state index in [2.05, 4.69) is 4.72 Å². The summed E-state index contributed by atoms with van der Waals surface area (Å²) in [6.07, 6.45) is 2.37. The molecule has 0 bridgehead atoms. The maximum Gasteiger partial charge on any atom is 0.241 e. The average molecular weight is 393 g/mol. The smallest absolute Gasteiger partial charge is 0.241 e. The Kier molecular flexibility index (Phi) is 7.68. The Morgan fingerprint density at radius 2 is 1.65 bits per heavy atom. The van der Waals surface area contributed by atoms with Crippen LogP contribution < -0.4 is 4.72 Å². The molecule has 2 rings (SSSR count). The largest absolute Gasteiger partial charge is 0.340 e. The molecule has 5 nitrogen and oxygen atoms in total. The molecule has 0 radical (unpaired) electrons. The summed E-state index contributed by atoms with van der Waals surface area (Å²) in [5.41, 5.74) is 0.998. The van der Waals surface area contributed by atoms with Gasteiger partial charge in [-0.25, -0.2) is 8.42 Å². The number of nitrogens with zero attached hydrogens (tertiary/aromatic N) is 1. The number of nitrogens with one attached hydrogen (secondary N) is 1. The summed E-state index contributed by atoms with van der Waals surface area (Å²) >= 11 is 1.58. The molecule has 0 aliphatic rings. The molecule has 0 saturated heterocycles. The first-order valence-corrected chi connectivity index (χ1v) is 11.2. The van der Waals surface area contributed by atoms with E-state index in [0.29, 0.717) is 18.7 Å². The number of hydrogen-bond donors (Lipinski definition) is 1. The van der Waals surface area contributed by atoms with Crippen molar-refractivity contribution in [1.82, 2.24) is 9.62 Å². The highest BCUT2D eigenvalue weighted by atomic mass is 32.2. The van der Waals surface area contributed by atoms with Crippen molar-refractivity contribution in [2.75, 3.05) is 19.1 Å². The minimum Gasteiger partial charge on any atom is -0.340 e. The third-order valence-corrected chi connectivity index (χ3v) is 6.03. The lowest BCUT2D eigenvalue weighted by Crippen LogP contribution is -2.47. The molecule has 2 aromatic rings. The second-order valence-electron chi connectivity index (χ2n) is 5.95. The number of likely N-dealkylation sites (N-methyl/N-ethyl adjacent to an activating group) is 1. The van der Waals surface area contributed by atoms with E-state index in [4.69, 9.17) is 0 Å². The van der Waals surface area contributed by atoms with Crippen LogP contribution in [0.15, 0.2) is 65.6 Å². The maximum absolute atomic E-state index is 12.9. The Balaban J connectivity index is 2.14. The van der Waals surface area contributed by atoms with Crippen LogP contribution in [0.25, 0.3) is 0 Å². The molecule has 0 fully saturated rings. The minimum absolute atomic E-state index is 0.160. The van der Waals surface area contributed by atoms with Gasteiger partial charge in [0.2, 0.25) is 15.9 Å². The lowest BCUT2D eigenvalue weighted by atomic mass is 10.2. The molecule has 1 N–H and O–H groups in total. The van der Waals surface area contributed by atoms with Gasteiger partial charge in [-0.15, -0.1) is 0 Å². The van der Waals surface area contributed by atoms with Gasteiger partial charge < -0.3 is 4.90 Å². The Morgan fingerprint density at radius 3 is 2.23 bits per heavy atom. The lowest BCUT2D eigenvalue weighted by molar-refractivity contribution is -0.132. The van der Waals surface area contributed by atoms with E-state index in [1.807, 2.05) is 36.6 Å². The van der Waals surface area contributed by atoms with E-state index in [-0.39, 0.29) is 10.8 Å². The van der Waals surface area contributed by atoms with Gasteiger partial charge in [-0.2, -0.15) is 16.5 Å². The lowest BCUT2D eigenvalue weighted by Gasteiger charge is -2.24. The van der Waals surface area contributed by atoms with Gasteiger partial charge in [0, 0.05) is 13.6 Å². The fourth-order valence-corrected chi connectivity index (χ4v) is 4.24. The number of amides is 1. The highest BCUT2D eigenvalue weighted by Crippen LogP contribution is 2.13. The maximum atomic E-state index is 12.9. The van der Waals surface area contributed by atoms with E-state index in [1.165, 1.54) is 12.1 Å². The minimum atomic E-state index is -3.75. The standard InChI is InChI=1S/C19H24N2O3S2/c1-21(15-16-9-5-3-6-10-16)19(22)18(13-14-25-2)20-26(23,24)17-11-7-4-8-12-17/h3-12,18,20H,13-15H2,1-2H3. The second kappa shape index (κ2) is 9.75. The molecule has 0 aromatic heterocycles. The highest BCUT2D eigenvalue weighted by Gasteiger charge is 2.27. The van der Waals surface area contributed by atoms with Gasteiger partial charge in [0.25, 0.3) is 0 Å². The van der Waals surface area contributed by atoms with E-state index in [1.54, 1.807) is 41.9 Å². The van der Waals surface area contributed by atoms with E-state index >= 15 is 0 Å². The highest BCUT2D eigenvalue weighted by molar-refractivity contribution is 7.98. The summed E-state index contributed by atoms with van der Waals surface area (Å²) in [6.45, 7) is 0.433. The Labute approximate surface area is 159 Å². The number of carbonyl (C=O) groups excluding carboxylic acids is 1. The predicted octanol–water partition coefficient (Wildman–Crippen LogP) is 2.75. The van der Waals surface area contributed by atoms with Crippen LogP contribution in [0.3, 0.4) is 0 Å². The number of carbonyl (C=O) groups is 1. The molecule has 0 spiro atoms. The molecule has 26 heavy (non-hydrogen) atoms. The SMILES string of the molecule is CSCCC(NS(=O)(=O)c1ccccc1)C(=O)N(C)Cc1ccccc1. The zero-order chi connectivity index (χ0) is 19.0. The Bertz CT molecular complexity index is 796. The topological polar surface area (TPSA) is 66.5 Å². The first-order valence-electron chi connectivity index (χ1n) is 8.29. The number of rotatable bonds is 9. The molecular formula is C19H24N2O3S2. The molecular weight excluding hydrogens is 368 g/mol. The van der Waals surface area contributed by atoms with Crippen LogP contribution in [-0.2, 0) is 21.4 Å². The molecule has 0 heterocycles. The first kappa shape index (κ1) is 20.5. The summed E-state index contributed by atoms with van der Waals surface area (Å²) in [4.78, 5) is 14.6. The molecule has 0 saturated carbocycles. The molecule has 140 valence electrons. The van der Waals surface area contributed by atoms with Crippen molar-refractivity contribution in [2.45, 2.75) is 23.9 Å². The third-order valence-electron chi connectivity index (χ3n) is 3.90. The van der Waals surface area contributed by atoms with Crippen LogP contribution in [0, 0.1) is 0 Å². The predicted molar refractivity (Wildman–Crippen MR) is 106 cm³/mol. The number of thioether (sulfide) groups is 1. The Morgan fingerprint density at radius 1 is 1.08 bits per heavy atom. The fraction of sp³-hybridized carbons (Fsp3) is 0.316. The molecule has 1 atom stereocenters. The number of hydrogen-bond acceptors (Lipinski definition) is 4. The molecule has 0 aliphatic carbocycles. The quantitative estimate of drug-likeness (QED) is 0.713. The average Bonchev–Trinajstić information content (AvgIpc) is 2.66. The molecule has 7 heteroatoms. The monoisotopic (exact) mass is 392 g/mol. The van der Waals surface area contributed by atoms with Crippen LogP contribution in [0.1, 0.15) is 12.0 Å². The van der Waals surface area contributed by atoms with Crippen molar-refractivity contribution in [1.29, 1.82) is 0 Å². The van der Waals surface area contributed by atoms with Gasteiger partial charge in [0.15, 0.2) is 0 Å². The van der Waals surface area contributed by atoms with Crippen LogP contribution in [0.5, 0.6) is 0 Å². The van der Waals surface area contributed by atoms with Crippen LogP contribution in [0.2, 0.25) is 0 Å². The van der Waals surface area contributed by atoms with Crippen molar-refractivity contribution < 1.29 is 13.2 Å². The van der Waals surface area contributed by atoms with Crippen molar-refractivity contribution in [3.05, 3.63) is 66.2 Å². The summed E-state index contributed by atoms with van der Waals surface area (Å²) in [6, 6.07) is 16.9. The number of benzene rings is 2. The van der Waals surface area contributed by atoms with Gasteiger partial charge >= 0.3 is 0 Å². The zero-order valence-electron chi connectivity index (χ0n) is 15.0. The van der Waals surface area contributed by atoms with Crippen molar-refractivity contribution in [2.24, 2.45) is 0 Å². The van der Waals surface area contributed by atoms with Crippen LogP contribution >= 0.6 is 11.8 Å². The van der Waals surface area contributed by atoms with Crippen LogP contribution in [-0.4, -0.2) is 44.3 Å². The summed E-state index contributed by atoms with van der Waals surface area (Å²) < 4.78 is 27.8. The number of sulfonamides is 1.